The molecule has 1 aromatic rings. The Labute approximate surface area is 89.9 Å². The predicted molar refractivity (Wildman–Crippen MR) is 59.1 cm³/mol. The number of ether oxygens (including phenoxy) is 1. The number of methoxy groups -OCH3 is 1. The van der Waals surface area contributed by atoms with Crippen LogP contribution in [0, 0.1) is 11.3 Å². The van der Waals surface area contributed by atoms with Gasteiger partial charge in [0.1, 0.15) is 11.8 Å². The first kappa shape index (κ1) is 9.85. The van der Waals surface area contributed by atoms with Gasteiger partial charge in [-0.2, -0.15) is 5.26 Å². The van der Waals surface area contributed by atoms with Crippen LogP contribution < -0.4 is 9.64 Å². The van der Waals surface area contributed by atoms with Crippen molar-refractivity contribution in [2.75, 3.05) is 18.6 Å². The monoisotopic (exact) mass is 202 g/mol. The van der Waals surface area contributed by atoms with Gasteiger partial charge in [0.2, 0.25) is 0 Å². The maximum atomic E-state index is 9.06. The number of rotatable bonds is 2. The topological polar surface area (TPSA) is 36.3 Å². The van der Waals surface area contributed by atoms with Crippen LogP contribution in [0.2, 0.25) is 0 Å². The lowest BCUT2D eigenvalue weighted by Gasteiger charge is -2.41. The van der Waals surface area contributed by atoms with Crippen molar-refractivity contribution in [1.82, 2.24) is 0 Å². The maximum absolute atomic E-state index is 9.06. The quantitative estimate of drug-likeness (QED) is 0.737. The molecule has 1 aliphatic heterocycles. The minimum absolute atomic E-state index is 0.508. The van der Waals surface area contributed by atoms with Crippen LogP contribution in [-0.4, -0.2) is 19.7 Å². The second kappa shape index (κ2) is 3.82. The van der Waals surface area contributed by atoms with E-state index >= 15 is 0 Å². The number of hydrogen-bond donors (Lipinski definition) is 0. The second-order valence-electron chi connectivity index (χ2n) is 3.80. The van der Waals surface area contributed by atoms with Crippen LogP contribution in [-0.2, 0) is 0 Å². The molecule has 1 fully saturated rings. The molecule has 78 valence electrons. The van der Waals surface area contributed by atoms with Gasteiger partial charge < -0.3 is 9.64 Å². The van der Waals surface area contributed by atoms with Crippen molar-refractivity contribution >= 4 is 5.69 Å². The zero-order valence-corrected chi connectivity index (χ0v) is 9.03. The second-order valence-corrected chi connectivity index (χ2v) is 3.80. The molecule has 0 radical (unpaired) electrons. The van der Waals surface area contributed by atoms with E-state index < -0.39 is 0 Å². The summed E-state index contributed by atoms with van der Waals surface area (Å²) in [7, 11) is 1.64. The molecule has 3 nitrogen and oxygen atoms in total. The number of para-hydroxylation sites is 1. The summed E-state index contributed by atoms with van der Waals surface area (Å²) in [4.78, 5) is 2.22. The van der Waals surface area contributed by atoms with Gasteiger partial charge >= 0.3 is 0 Å². The summed E-state index contributed by atoms with van der Waals surface area (Å²) in [6.45, 7) is 3.17. The molecule has 0 bridgehead atoms. The minimum atomic E-state index is 0.508. The van der Waals surface area contributed by atoms with Gasteiger partial charge in [-0.25, -0.2) is 0 Å². The van der Waals surface area contributed by atoms with Gasteiger partial charge in [-0.05, 0) is 25.5 Å². The van der Waals surface area contributed by atoms with Crippen molar-refractivity contribution in [2.24, 2.45) is 0 Å². The zero-order chi connectivity index (χ0) is 10.8. The van der Waals surface area contributed by atoms with Gasteiger partial charge in [-0.3, -0.25) is 0 Å². The summed E-state index contributed by atoms with van der Waals surface area (Å²) in [5.41, 5.74) is 1.64. The first-order chi connectivity index (χ1) is 7.27. The molecule has 0 amide bonds. The third-order valence-corrected chi connectivity index (χ3v) is 2.95. The molecule has 1 saturated heterocycles. The highest BCUT2D eigenvalue weighted by Gasteiger charge is 2.28. The van der Waals surface area contributed by atoms with E-state index in [1.54, 1.807) is 7.11 Å². The molecule has 1 unspecified atom stereocenters. The molecule has 15 heavy (non-hydrogen) atoms. The van der Waals surface area contributed by atoms with Crippen LogP contribution in [0.25, 0.3) is 0 Å². The first-order valence-electron chi connectivity index (χ1n) is 5.11. The maximum Gasteiger partial charge on any atom is 0.143 e. The molecular weight excluding hydrogens is 188 g/mol. The highest BCUT2D eigenvalue weighted by molar-refractivity contribution is 5.69. The average Bonchev–Trinajstić information content (AvgIpc) is 2.27. The standard InChI is InChI=1S/C12H14N2O/c1-9-6-7-14(9)12-10(8-13)4-3-5-11(12)15-2/h3-5,9H,6-7H2,1-2H3. The Morgan fingerprint density at radius 1 is 1.53 bits per heavy atom. The number of benzene rings is 1. The van der Waals surface area contributed by atoms with Crippen LogP contribution in [0.15, 0.2) is 18.2 Å². The van der Waals surface area contributed by atoms with E-state index in [0.717, 1.165) is 18.0 Å². The van der Waals surface area contributed by atoms with Gasteiger partial charge in [-0.15, -0.1) is 0 Å². The van der Waals surface area contributed by atoms with E-state index in [1.165, 1.54) is 6.42 Å². The SMILES string of the molecule is COc1cccc(C#N)c1N1CCC1C. The first-order valence-corrected chi connectivity index (χ1v) is 5.11. The molecule has 3 heteroatoms. The van der Waals surface area contributed by atoms with Gasteiger partial charge in [-0.1, -0.05) is 6.07 Å². The van der Waals surface area contributed by atoms with Gasteiger partial charge in [0.15, 0.2) is 0 Å². The van der Waals surface area contributed by atoms with E-state index in [9.17, 15) is 0 Å². The largest absolute Gasteiger partial charge is 0.495 e. The Balaban J connectivity index is 2.46. The van der Waals surface area contributed by atoms with E-state index in [2.05, 4.69) is 17.9 Å². The van der Waals surface area contributed by atoms with Gasteiger partial charge in [0.25, 0.3) is 0 Å². The Morgan fingerprint density at radius 2 is 2.33 bits per heavy atom. The van der Waals surface area contributed by atoms with Crippen molar-refractivity contribution < 1.29 is 4.74 Å². The molecule has 0 spiro atoms. The number of nitrogens with zero attached hydrogens (tertiary/aromatic N) is 2. The summed E-state index contributed by atoms with van der Waals surface area (Å²) in [5, 5.41) is 9.06. The van der Waals surface area contributed by atoms with Crippen LogP contribution >= 0.6 is 0 Å². The highest BCUT2D eigenvalue weighted by Crippen LogP contribution is 2.37. The molecule has 1 aromatic carbocycles. The molecule has 1 atom stereocenters. The zero-order valence-electron chi connectivity index (χ0n) is 9.03. The lowest BCUT2D eigenvalue weighted by Crippen LogP contribution is -2.46. The van der Waals surface area contributed by atoms with Crippen molar-refractivity contribution in [3.63, 3.8) is 0 Å². The Bertz CT molecular complexity index is 409. The molecule has 1 heterocycles. The number of hydrogen-bond acceptors (Lipinski definition) is 3. The third-order valence-electron chi connectivity index (χ3n) is 2.95. The Morgan fingerprint density at radius 3 is 2.80 bits per heavy atom. The third kappa shape index (κ3) is 1.52. The van der Waals surface area contributed by atoms with Crippen LogP contribution in [0.4, 0.5) is 5.69 Å². The van der Waals surface area contributed by atoms with Gasteiger partial charge in [0, 0.05) is 12.6 Å². The van der Waals surface area contributed by atoms with Crippen molar-refractivity contribution in [3.05, 3.63) is 23.8 Å². The summed E-state index contributed by atoms with van der Waals surface area (Å²) in [6, 6.07) is 8.32. The molecule has 0 aromatic heterocycles. The number of nitriles is 1. The smallest absolute Gasteiger partial charge is 0.143 e. The fourth-order valence-corrected chi connectivity index (χ4v) is 1.92. The molecular formula is C12H14N2O. The fraction of sp³-hybridized carbons (Fsp3) is 0.417. The molecule has 2 rings (SSSR count). The van der Waals surface area contributed by atoms with Crippen molar-refractivity contribution in [2.45, 2.75) is 19.4 Å². The van der Waals surface area contributed by atoms with E-state index in [1.807, 2.05) is 18.2 Å². The number of anilines is 1. The van der Waals surface area contributed by atoms with Gasteiger partial charge in [0.05, 0.1) is 18.4 Å². The predicted octanol–water partition coefficient (Wildman–Crippen LogP) is 2.17. The Kier molecular flexibility index (Phi) is 2.51. The fourth-order valence-electron chi connectivity index (χ4n) is 1.92. The summed E-state index contributed by atoms with van der Waals surface area (Å²) in [5.74, 6) is 0.792. The molecule has 0 saturated carbocycles. The molecule has 1 aliphatic rings. The highest BCUT2D eigenvalue weighted by atomic mass is 16.5. The molecule has 0 N–H and O–H groups in total. The van der Waals surface area contributed by atoms with E-state index in [4.69, 9.17) is 10.00 Å². The van der Waals surface area contributed by atoms with E-state index in [0.29, 0.717) is 11.6 Å². The van der Waals surface area contributed by atoms with E-state index in [-0.39, 0.29) is 0 Å². The summed E-state index contributed by atoms with van der Waals surface area (Å²) < 4.78 is 5.30. The van der Waals surface area contributed by atoms with Crippen LogP contribution in [0.1, 0.15) is 18.9 Å². The van der Waals surface area contributed by atoms with Crippen LogP contribution in [0.3, 0.4) is 0 Å². The van der Waals surface area contributed by atoms with Crippen molar-refractivity contribution in [3.8, 4) is 11.8 Å². The lowest BCUT2D eigenvalue weighted by atomic mass is 10.0. The average molecular weight is 202 g/mol. The lowest BCUT2D eigenvalue weighted by molar-refractivity contribution is 0.404. The summed E-state index contributed by atoms with van der Waals surface area (Å²) >= 11 is 0. The van der Waals surface area contributed by atoms with Crippen molar-refractivity contribution in [1.29, 1.82) is 5.26 Å². The molecule has 0 aliphatic carbocycles. The minimum Gasteiger partial charge on any atom is -0.495 e. The summed E-state index contributed by atoms with van der Waals surface area (Å²) in [6.07, 6.45) is 1.18. The Hall–Kier alpha value is -1.69. The van der Waals surface area contributed by atoms with Crippen LogP contribution in [0.5, 0.6) is 5.75 Å². The normalized spacial score (nSPS) is 19.3.